The number of para-hydroxylation sites is 2. The van der Waals surface area contributed by atoms with Crippen LogP contribution in [-0.4, -0.2) is 35.3 Å². The summed E-state index contributed by atoms with van der Waals surface area (Å²) in [6.07, 6.45) is 3.78. The molecule has 2 amide bonds. The van der Waals surface area contributed by atoms with Gasteiger partial charge in [-0.2, -0.15) is 4.98 Å². The highest BCUT2D eigenvalue weighted by molar-refractivity contribution is 8.18. The Labute approximate surface area is 177 Å². The second-order valence-corrected chi connectivity index (χ2v) is 8.20. The SMILES string of the molecule is O=C1NC(=O)/C(=C/c2ccc(OC[C@@H]3CCCN3c3nc4ccccc4o3)cc2)S1. The molecule has 0 aliphatic carbocycles. The number of imide groups is 1. The maximum atomic E-state index is 11.6. The van der Waals surface area contributed by atoms with E-state index < -0.39 is 0 Å². The van der Waals surface area contributed by atoms with Gasteiger partial charge in [-0.05, 0) is 60.5 Å². The third-order valence-corrected chi connectivity index (χ3v) is 5.98. The number of fused-ring (bicyclic) bond motifs is 1. The lowest BCUT2D eigenvalue weighted by Crippen LogP contribution is -2.34. The molecule has 2 aromatic carbocycles. The summed E-state index contributed by atoms with van der Waals surface area (Å²) in [5, 5.41) is 1.91. The van der Waals surface area contributed by atoms with Crippen molar-refractivity contribution in [3.05, 3.63) is 59.0 Å². The molecule has 3 aromatic rings. The number of ether oxygens (including phenoxy) is 1. The lowest BCUT2D eigenvalue weighted by atomic mass is 10.2. The van der Waals surface area contributed by atoms with E-state index in [0.717, 1.165) is 53.6 Å². The third kappa shape index (κ3) is 3.78. The summed E-state index contributed by atoms with van der Waals surface area (Å²) in [5.41, 5.74) is 2.49. The van der Waals surface area contributed by atoms with Gasteiger partial charge in [-0.1, -0.05) is 24.3 Å². The summed E-state index contributed by atoms with van der Waals surface area (Å²) < 4.78 is 11.9. The molecule has 1 atom stereocenters. The number of nitrogens with one attached hydrogen (secondary N) is 1. The predicted molar refractivity (Wildman–Crippen MR) is 115 cm³/mol. The topological polar surface area (TPSA) is 84.7 Å². The predicted octanol–water partition coefficient (Wildman–Crippen LogP) is 4.20. The van der Waals surface area contributed by atoms with E-state index in [4.69, 9.17) is 9.15 Å². The highest BCUT2D eigenvalue weighted by Crippen LogP contribution is 2.29. The fraction of sp³-hybridized carbons (Fsp3) is 0.227. The second-order valence-electron chi connectivity index (χ2n) is 7.19. The summed E-state index contributed by atoms with van der Waals surface area (Å²) in [7, 11) is 0. The first kappa shape index (κ1) is 18.7. The molecule has 30 heavy (non-hydrogen) atoms. The van der Waals surface area contributed by atoms with Crippen LogP contribution < -0.4 is 15.0 Å². The van der Waals surface area contributed by atoms with Gasteiger partial charge >= 0.3 is 0 Å². The number of carbonyl (C=O) groups is 2. The molecular weight excluding hydrogens is 402 g/mol. The van der Waals surface area contributed by atoms with Crippen molar-refractivity contribution in [3.8, 4) is 5.75 Å². The van der Waals surface area contributed by atoms with Crippen LogP contribution in [0.4, 0.5) is 10.8 Å². The molecule has 3 heterocycles. The Hall–Kier alpha value is -3.26. The van der Waals surface area contributed by atoms with Crippen molar-refractivity contribution in [2.24, 2.45) is 0 Å². The van der Waals surface area contributed by atoms with Gasteiger partial charge in [0.05, 0.1) is 10.9 Å². The number of hydrogen-bond acceptors (Lipinski definition) is 7. The zero-order valence-electron chi connectivity index (χ0n) is 16.0. The Morgan fingerprint density at radius 1 is 1.20 bits per heavy atom. The molecule has 1 aromatic heterocycles. The summed E-state index contributed by atoms with van der Waals surface area (Å²) in [5.74, 6) is 0.395. The number of anilines is 1. The van der Waals surface area contributed by atoms with Gasteiger partial charge in [-0.3, -0.25) is 14.9 Å². The zero-order chi connectivity index (χ0) is 20.5. The van der Waals surface area contributed by atoms with Crippen molar-refractivity contribution in [1.82, 2.24) is 10.3 Å². The molecule has 2 saturated heterocycles. The van der Waals surface area contributed by atoms with Crippen LogP contribution in [0.2, 0.25) is 0 Å². The highest BCUT2D eigenvalue weighted by Gasteiger charge is 2.29. The molecule has 2 aliphatic rings. The van der Waals surface area contributed by atoms with Crippen LogP contribution in [0, 0.1) is 0 Å². The summed E-state index contributed by atoms with van der Waals surface area (Å²) >= 11 is 0.909. The molecule has 0 saturated carbocycles. The van der Waals surface area contributed by atoms with Gasteiger partial charge in [0.2, 0.25) is 0 Å². The number of benzene rings is 2. The Bertz CT molecular complexity index is 1110. The Morgan fingerprint density at radius 2 is 2.03 bits per heavy atom. The molecule has 5 rings (SSSR count). The van der Waals surface area contributed by atoms with E-state index in [1.807, 2.05) is 48.5 Å². The number of hydrogen-bond donors (Lipinski definition) is 1. The minimum atomic E-state index is -0.356. The lowest BCUT2D eigenvalue weighted by molar-refractivity contribution is -0.115. The fourth-order valence-electron chi connectivity index (χ4n) is 3.67. The van der Waals surface area contributed by atoms with Crippen LogP contribution in [0.1, 0.15) is 18.4 Å². The van der Waals surface area contributed by atoms with Crippen LogP contribution in [0.3, 0.4) is 0 Å². The molecular formula is C22H19N3O4S. The van der Waals surface area contributed by atoms with Crippen LogP contribution in [0.25, 0.3) is 17.2 Å². The first-order valence-electron chi connectivity index (χ1n) is 9.76. The van der Waals surface area contributed by atoms with E-state index >= 15 is 0 Å². The molecule has 0 spiro atoms. The third-order valence-electron chi connectivity index (χ3n) is 5.17. The first-order valence-corrected chi connectivity index (χ1v) is 10.6. The average Bonchev–Trinajstić information content (AvgIpc) is 3.45. The monoisotopic (exact) mass is 421 g/mol. The Morgan fingerprint density at radius 3 is 2.80 bits per heavy atom. The maximum absolute atomic E-state index is 11.6. The van der Waals surface area contributed by atoms with E-state index in [1.165, 1.54) is 0 Å². The van der Waals surface area contributed by atoms with Crippen molar-refractivity contribution >= 4 is 46.1 Å². The van der Waals surface area contributed by atoms with Gasteiger partial charge in [-0.15, -0.1) is 0 Å². The van der Waals surface area contributed by atoms with Crippen molar-refractivity contribution in [2.45, 2.75) is 18.9 Å². The fourth-order valence-corrected chi connectivity index (χ4v) is 4.35. The van der Waals surface area contributed by atoms with Crippen LogP contribution >= 0.6 is 11.8 Å². The van der Waals surface area contributed by atoms with Gasteiger partial charge < -0.3 is 14.1 Å². The van der Waals surface area contributed by atoms with E-state index in [9.17, 15) is 9.59 Å². The van der Waals surface area contributed by atoms with Crippen LogP contribution in [0.5, 0.6) is 5.75 Å². The van der Waals surface area contributed by atoms with E-state index in [-0.39, 0.29) is 17.2 Å². The molecule has 0 radical (unpaired) electrons. The number of amides is 2. The molecule has 8 heteroatoms. The van der Waals surface area contributed by atoms with E-state index in [0.29, 0.717) is 17.5 Å². The highest BCUT2D eigenvalue weighted by atomic mass is 32.2. The van der Waals surface area contributed by atoms with Crippen molar-refractivity contribution in [2.75, 3.05) is 18.1 Å². The Balaban J connectivity index is 1.23. The Kier molecular flexibility index (Phi) is 4.92. The van der Waals surface area contributed by atoms with Gasteiger partial charge in [0.1, 0.15) is 17.9 Å². The first-order chi connectivity index (χ1) is 14.7. The second kappa shape index (κ2) is 7.87. The maximum Gasteiger partial charge on any atom is 0.298 e. The summed E-state index contributed by atoms with van der Waals surface area (Å²) in [6, 6.07) is 16.1. The molecule has 1 N–H and O–H groups in total. The van der Waals surface area contributed by atoms with Crippen LogP contribution in [0.15, 0.2) is 57.9 Å². The van der Waals surface area contributed by atoms with Gasteiger partial charge in [0.15, 0.2) is 5.58 Å². The molecule has 7 nitrogen and oxygen atoms in total. The summed E-state index contributed by atoms with van der Waals surface area (Å²) in [6.45, 7) is 1.43. The van der Waals surface area contributed by atoms with Gasteiger partial charge in [0.25, 0.3) is 17.2 Å². The van der Waals surface area contributed by atoms with E-state index in [1.54, 1.807) is 6.08 Å². The standard InChI is InChI=1S/C22H19N3O4S/c26-20-19(30-22(27)24-20)12-14-7-9-16(10-8-14)28-13-15-4-3-11-25(15)21-23-17-5-1-2-6-18(17)29-21/h1-2,5-10,12,15H,3-4,11,13H2,(H,24,26,27)/b19-12-/t15-/m0/s1. The van der Waals surface area contributed by atoms with Crippen molar-refractivity contribution in [3.63, 3.8) is 0 Å². The minimum absolute atomic E-state index is 0.199. The lowest BCUT2D eigenvalue weighted by Gasteiger charge is -2.22. The summed E-state index contributed by atoms with van der Waals surface area (Å²) in [4.78, 5) is 30.1. The van der Waals surface area contributed by atoms with Crippen molar-refractivity contribution in [1.29, 1.82) is 0 Å². The number of nitrogens with zero attached hydrogens (tertiary/aromatic N) is 2. The normalized spacial score (nSPS) is 20.3. The molecule has 2 aliphatic heterocycles. The number of carbonyl (C=O) groups excluding carboxylic acids is 2. The van der Waals surface area contributed by atoms with E-state index in [2.05, 4.69) is 15.2 Å². The smallest absolute Gasteiger partial charge is 0.298 e. The number of thioether (sulfide) groups is 1. The zero-order valence-corrected chi connectivity index (χ0v) is 16.9. The molecule has 0 bridgehead atoms. The average molecular weight is 421 g/mol. The van der Waals surface area contributed by atoms with Gasteiger partial charge in [0, 0.05) is 6.54 Å². The molecule has 0 unspecified atom stereocenters. The quantitative estimate of drug-likeness (QED) is 0.618. The van der Waals surface area contributed by atoms with Crippen LogP contribution in [-0.2, 0) is 4.79 Å². The van der Waals surface area contributed by atoms with Gasteiger partial charge in [-0.25, -0.2) is 0 Å². The number of aromatic nitrogens is 1. The number of oxazole rings is 1. The largest absolute Gasteiger partial charge is 0.491 e. The van der Waals surface area contributed by atoms with Crippen molar-refractivity contribution < 1.29 is 18.7 Å². The minimum Gasteiger partial charge on any atom is -0.491 e. The molecule has 2 fully saturated rings. The number of rotatable bonds is 5. The molecule has 152 valence electrons.